The lowest BCUT2D eigenvalue weighted by Crippen LogP contribution is -3.00. The number of nitrogens with one attached hydrogen (secondary N) is 1. The number of benzene rings is 1. The number of alkyl halides is 3. The normalized spacial score (nSPS) is 12.5. The van der Waals surface area contributed by atoms with Gasteiger partial charge in [0.05, 0.1) is 10.5 Å². The van der Waals surface area contributed by atoms with Gasteiger partial charge < -0.3 is 22.8 Å². The van der Waals surface area contributed by atoms with Crippen LogP contribution in [0.4, 0.5) is 24.5 Å². The van der Waals surface area contributed by atoms with E-state index in [4.69, 9.17) is 5.11 Å². The molecule has 10 heteroatoms. The summed E-state index contributed by atoms with van der Waals surface area (Å²) in [5, 5.41) is 22.3. The number of carboxylic acids is 1. The van der Waals surface area contributed by atoms with Gasteiger partial charge in [0.25, 0.3) is 5.69 Å². The summed E-state index contributed by atoms with van der Waals surface area (Å²) in [7, 11) is 0. The van der Waals surface area contributed by atoms with Gasteiger partial charge in [0.2, 0.25) is 0 Å². The molecule has 1 rings (SSSR count). The number of carbonyl (C=O) groups is 1. The molecular weight excluding hydrogens is 329 g/mol. The van der Waals surface area contributed by atoms with Gasteiger partial charge in [0.15, 0.2) is 0 Å². The van der Waals surface area contributed by atoms with Gasteiger partial charge in [0.1, 0.15) is 11.7 Å². The highest BCUT2D eigenvalue weighted by molar-refractivity contribution is 5.79. The molecule has 0 amide bonds. The fraction of sp³-hybridized carbons (Fsp3) is 0.417. The Kier molecular flexibility index (Phi) is 6.63. The Labute approximate surface area is 129 Å². The molecule has 0 saturated heterocycles. The maximum atomic E-state index is 12.5. The van der Waals surface area contributed by atoms with Crippen molar-refractivity contribution in [2.45, 2.75) is 26.1 Å². The second-order valence-electron chi connectivity index (χ2n) is 4.69. The van der Waals surface area contributed by atoms with Crippen molar-refractivity contribution in [3.05, 3.63) is 33.9 Å². The molecule has 0 aromatic heterocycles. The van der Waals surface area contributed by atoms with Crippen molar-refractivity contribution in [3.63, 3.8) is 0 Å². The summed E-state index contributed by atoms with van der Waals surface area (Å²) >= 11 is 0. The van der Waals surface area contributed by atoms with Gasteiger partial charge in [0, 0.05) is 6.07 Å². The van der Waals surface area contributed by atoms with Crippen LogP contribution in [-0.4, -0.2) is 22.0 Å². The number of rotatable bonds is 5. The van der Waals surface area contributed by atoms with Gasteiger partial charge in [-0.15, -0.1) is 0 Å². The average Bonchev–Trinajstić information content (AvgIpc) is 2.33. The van der Waals surface area contributed by atoms with Crippen LogP contribution in [0.15, 0.2) is 18.2 Å². The van der Waals surface area contributed by atoms with Crippen LogP contribution in [0.2, 0.25) is 0 Å². The molecule has 2 N–H and O–H groups in total. The summed E-state index contributed by atoms with van der Waals surface area (Å²) in [5.74, 6) is -1.66. The molecular formula is C12H13ClF3N2O4-. The number of nitro groups is 1. The Morgan fingerprint density at radius 3 is 2.27 bits per heavy atom. The van der Waals surface area contributed by atoms with E-state index in [9.17, 15) is 28.1 Å². The zero-order valence-corrected chi connectivity index (χ0v) is 12.3. The van der Waals surface area contributed by atoms with Gasteiger partial charge in [-0.3, -0.25) is 10.1 Å². The maximum Gasteiger partial charge on any atom is 0.416 e. The van der Waals surface area contributed by atoms with Crippen LogP contribution < -0.4 is 17.7 Å². The van der Waals surface area contributed by atoms with Crippen LogP contribution in [0.5, 0.6) is 0 Å². The lowest BCUT2D eigenvalue weighted by atomic mass is 10.0. The van der Waals surface area contributed by atoms with Crippen LogP contribution in [0.25, 0.3) is 0 Å². The lowest BCUT2D eigenvalue weighted by molar-refractivity contribution is -0.384. The van der Waals surface area contributed by atoms with E-state index in [1.54, 1.807) is 13.8 Å². The molecule has 124 valence electrons. The van der Waals surface area contributed by atoms with Crippen LogP contribution in [0, 0.1) is 16.0 Å². The summed E-state index contributed by atoms with van der Waals surface area (Å²) < 4.78 is 37.6. The third-order valence-corrected chi connectivity index (χ3v) is 2.77. The van der Waals surface area contributed by atoms with E-state index >= 15 is 0 Å². The smallest absolute Gasteiger partial charge is 0.416 e. The Morgan fingerprint density at radius 1 is 1.36 bits per heavy atom. The summed E-state index contributed by atoms with van der Waals surface area (Å²) in [5.41, 5.74) is -2.26. The molecule has 1 aromatic rings. The highest BCUT2D eigenvalue weighted by atomic mass is 35.5. The molecule has 0 aliphatic heterocycles. The maximum absolute atomic E-state index is 12.5. The van der Waals surface area contributed by atoms with E-state index in [1.807, 2.05) is 0 Å². The van der Waals surface area contributed by atoms with Crippen LogP contribution in [0.1, 0.15) is 19.4 Å². The Bertz CT molecular complexity index is 564. The molecule has 0 fully saturated rings. The van der Waals surface area contributed by atoms with Gasteiger partial charge >= 0.3 is 12.1 Å². The third kappa shape index (κ3) is 4.76. The molecule has 0 radical (unpaired) electrons. The molecule has 0 aliphatic carbocycles. The van der Waals surface area contributed by atoms with Gasteiger partial charge in [-0.05, 0) is 18.1 Å². The predicted octanol–water partition coefficient (Wildman–Crippen LogP) is 0.139. The minimum absolute atomic E-state index is 0. The highest BCUT2D eigenvalue weighted by Crippen LogP contribution is 2.35. The van der Waals surface area contributed by atoms with Crippen molar-refractivity contribution < 1.29 is 40.4 Å². The van der Waals surface area contributed by atoms with Crippen molar-refractivity contribution in [1.82, 2.24) is 0 Å². The lowest BCUT2D eigenvalue weighted by Gasteiger charge is -2.19. The van der Waals surface area contributed by atoms with Crippen molar-refractivity contribution in [2.75, 3.05) is 5.32 Å². The number of carboxylic acid groups (broad SMARTS) is 1. The monoisotopic (exact) mass is 341 g/mol. The summed E-state index contributed by atoms with van der Waals surface area (Å²) in [6.07, 6.45) is -4.71. The fourth-order valence-corrected chi connectivity index (χ4v) is 1.66. The quantitative estimate of drug-likeness (QED) is 0.587. The number of nitro benzene ring substituents is 1. The first-order valence-electron chi connectivity index (χ1n) is 5.89. The third-order valence-electron chi connectivity index (χ3n) is 2.77. The first-order chi connectivity index (χ1) is 9.54. The molecule has 1 atom stereocenters. The molecule has 0 heterocycles. The number of anilines is 1. The Hall–Kier alpha value is -2.03. The van der Waals surface area contributed by atoms with E-state index < -0.39 is 40.3 Å². The largest absolute Gasteiger partial charge is 1.00 e. The molecule has 0 saturated carbocycles. The number of halogens is 4. The average molecular weight is 342 g/mol. The number of nitrogens with zero attached hydrogens (tertiary/aromatic N) is 1. The molecule has 0 spiro atoms. The van der Waals surface area contributed by atoms with Gasteiger partial charge in [-0.2, -0.15) is 13.2 Å². The standard InChI is InChI=1S/C12H13F3N2O4.ClH/c1-6(2)10(11(18)19)16-8-4-3-7(12(13,14)15)5-9(8)17(20)21;/h3-6,10,16H,1-2H3,(H,18,19);1H/p-1/t10-;/m0./s1. The predicted molar refractivity (Wildman–Crippen MR) is 68.0 cm³/mol. The summed E-state index contributed by atoms with van der Waals surface area (Å²) in [6.45, 7) is 3.14. The van der Waals surface area contributed by atoms with Crippen LogP contribution >= 0.6 is 0 Å². The van der Waals surface area contributed by atoms with Crippen molar-refractivity contribution in [2.24, 2.45) is 5.92 Å². The number of hydrogen-bond donors (Lipinski definition) is 2. The Balaban J connectivity index is 0.00000441. The molecule has 1 aromatic carbocycles. The van der Waals surface area contributed by atoms with E-state index in [0.29, 0.717) is 12.1 Å². The van der Waals surface area contributed by atoms with E-state index in [-0.39, 0.29) is 18.1 Å². The molecule has 0 bridgehead atoms. The molecule has 22 heavy (non-hydrogen) atoms. The Morgan fingerprint density at radius 2 is 1.91 bits per heavy atom. The first kappa shape index (κ1) is 20.0. The zero-order valence-electron chi connectivity index (χ0n) is 11.5. The van der Waals surface area contributed by atoms with Crippen molar-refractivity contribution in [1.29, 1.82) is 0 Å². The molecule has 0 aliphatic rings. The second kappa shape index (κ2) is 7.30. The zero-order chi connectivity index (χ0) is 16.4. The molecule has 6 nitrogen and oxygen atoms in total. The highest BCUT2D eigenvalue weighted by Gasteiger charge is 2.33. The van der Waals surface area contributed by atoms with E-state index in [0.717, 1.165) is 6.07 Å². The van der Waals surface area contributed by atoms with Gasteiger partial charge in [-0.1, -0.05) is 13.8 Å². The number of hydrogen-bond acceptors (Lipinski definition) is 4. The fourth-order valence-electron chi connectivity index (χ4n) is 1.66. The summed E-state index contributed by atoms with van der Waals surface area (Å²) in [6, 6.07) is 0.746. The first-order valence-corrected chi connectivity index (χ1v) is 5.89. The van der Waals surface area contributed by atoms with Crippen LogP contribution in [-0.2, 0) is 11.0 Å². The minimum atomic E-state index is -4.71. The van der Waals surface area contributed by atoms with E-state index in [2.05, 4.69) is 5.32 Å². The van der Waals surface area contributed by atoms with Crippen molar-refractivity contribution in [3.8, 4) is 0 Å². The topological polar surface area (TPSA) is 92.5 Å². The summed E-state index contributed by atoms with van der Waals surface area (Å²) in [4.78, 5) is 20.9. The van der Waals surface area contributed by atoms with Gasteiger partial charge in [-0.25, -0.2) is 4.79 Å². The minimum Gasteiger partial charge on any atom is -1.00 e. The van der Waals surface area contributed by atoms with Crippen LogP contribution in [0.3, 0.4) is 0 Å². The number of aliphatic carboxylic acids is 1. The van der Waals surface area contributed by atoms with E-state index in [1.165, 1.54) is 0 Å². The molecule has 0 unspecified atom stereocenters. The van der Waals surface area contributed by atoms with Crippen molar-refractivity contribution >= 4 is 17.3 Å². The SMILES string of the molecule is CC(C)[C@H](Nc1ccc(C(F)(F)F)cc1[N+](=O)[O-])C(=O)O.[Cl-]. The second-order valence-corrected chi connectivity index (χ2v) is 4.69.